The van der Waals surface area contributed by atoms with E-state index in [0.29, 0.717) is 0 Å². The minimum absolute atomic E-state index is 0.130. The maximum Gasteiger partial charge on any atom is 0.0951 e. The van der Waals surface area contributed by atoms with Crippen LogP contribution in [0.4, 0.5) is 0 Å². The van der Waals surface area contributed by atoms with Gasteiger partial charge in [0.1, 0.15) is 0 Å². The van der Waals surface area contributed by atoms with Crippen LogP contribution >= 0.6 is 14.4 Å². The van der Waals surface area contributed by atoms with E-state index in [1.165, 1.54) is 0 Å². The maximum absolute atomic E-state index is 3.88. The molecule has 0 radical (unpaired) electrons. The Morgan fingerprint density at radius 3 is 1.00 bits per heavy atom. The van der Waals surface area contributed by atoms with Gasteiger partial charge in [-0.15, -0.1) is 13.2 Å². The number of hydrogen-bond donors (Lipinski definition) is 0. The predicted molar refractivity (Wildman–Crippen MR) is 78.2 cm³/mol. The first-order valence-corrected chi connectivity index (χ1v) is 10.3. The first-order chi connectivity index (χ1) is 5.46. The van der Waals surface area contributed by atoms with Crippen LogP contribution in [0.3, 0.4) is 0 Å². The van der Waals surface area contributed by atoms with Crippen molar-refractivity contribution >= 4 is 27.0 Å². The quantitative estimate of drug-likeness (QED) is 0.541. The van der Waals surface area contributed by atoms with E-state index in [1.54, 1.807) is 0 Å². The van der Waals surface area contributed by atoms with Crippen LogP contribution in [0.25, 0.3) is 0 Å². The van der Waals surface area contributed by atoms with Crippen LogP contribution in [0.15, 0.2) is 0 Å². The summed E-state index contributed by atoms with van der Waals surface area (Å²) < 4.78 is 0. The largest absolute Gasteiger partial charge is 0.121 e. The highest BCUT2D eigenvalue weighted by Gasteiger charge is 1.79. The van der Waals surface area contributed by atoms with Gasteiger partial charge in [0.25, 0.3) is 0 Å². The van der Waals surface area contributed by atoms with Crippen LogP contribution in [-0.2, 0) is 0 Å². The van der Waals surface area contributed by atoms with Crippen molar-refractivity contribution in [3.05, 3.63) is 0 Å². The van der Waals surface area contributed by atoms with Gasteiger partial charge in [-0.3, -0.25) is 0 Å². The average Bonchev–Trinajstić information content (AvgIpc) is 1.50. The first kappa shape index (κ1) is 19.1. The zero-order chi connectivity index (χ0) is 11.7. The molecule has 0 aromatic heterocycles. The highest BCUT2D eigenvalue weighted by molar-refractivity contribution is 7.71. The smallest absolute Gasteiger partial charge is 0.0951 e. The molecule has 2 heteroatoms. The second kappa shape index (κ2) is 10.6. The summed E-state index contributed by atoms with van der Waals surface area (Å²) in [6, 6.07) is 0. The zero-order valence-electron chi connectivity index (χ0n) is 10.9. The summed E-state index contributed by atoms with van der Waals surface area (Å²) in [5.74, 6) is 0.833. The fourth-order valence-electron chi connectivity index (χ4n) is 0. The van der Waals surface area contributed by atoms with Crippen molar-refractivity contribution in [2.75, 3.05) is 33.3 Å². The van der Waals surface area contributed by atoms with E-state index < -0.39 is 6.89 Å². The van der Waals surface area contributed by atoms with Gasteiger partial charge in [-0.05, 0) is 25.9 Å². The van der Waals surface area contributed by atoms with Gasteiger partial charge in [-0.25, -0.2) is 0 Å². The lowest BCUT2D eigenvalue weighted by Gasteiger charge is -1.96. The van der Waals surface area contributed by atoms with E-state index in [1.807, 2.05) is 0 Å². The van der Waals surface area contributed by atoms with E-state index in [9.17, 15) is 0 Å². The van der Waals surface area contributed by atoms with E-state index in [0.717, 1.165) is 5.92 Å². The predicted octanol–water partition coefficient (Wildman–Crippen LogP) is 4.15. The third-order valence-electron chi connectivity index (χ3n) is 0. The Labute approximate surface area is 87.5 Å². The van der Waals surface area contributed by atoms with E-state index in [-0.39, 0.29) is 7.55 Å². The van der Waals surface area contributed by atoms with Crippen molar-refractivity contribution in [2.45, 2.75) is 20.8 Å². The molecule has 0 bridgehead atoms. The Hall–Kier alpha value is 0.470. The zero-order valence-corrected chi connectivity index (χ0v) is 12.7. The third-order valence-corrected chi connectivity index (χ3v) is 0. The topological polar surface area (TPSA) is 0 Å². The lowest BCUT2D eigenvalue weighted by molar-refractivity contribution is 0.737. The molecular weight excluding hydrogens is 194 g/mol. The van der Waals surface area contributed by atoms with Crippen molar-refractivity contribution in [1.82, 2.24) is 0 Å². The van der Waals surface area contributed by atoms with Gasteiger partial charge in [-0.1, -0.05) is 20.8 Å². The van der Waals surface area contributed by atoms with Gasteiger partial charge in [0.05, 0.1) is 27.2 Å². The highest BCUT2D eigenvalue weighted by Crippen LogP contribution is 2.27. The Balaban J connectivity index is -0.000000117. The number of rotatable bonds is 0. The van der Waals surface area contributed by atoms with Crippen LogP contribution in [0.5, 0.6) is 0 Å². The fourth-order valence-corrected chi connectivity index (χ4v) is 0. The van der Waals surface area contributed by atoms with E-state index in [2.05, 4.69) is 66.7 Å². The molecule has 0 saturated carbocycles. The molecule has 0 atom stereocenters. The SMILES string of the molecule is C=P(C)(C)C.C=[P+](C)C.CC(C)C. The molecule has 0 fully saturated rings. The lowest BCUT2D eigenvalue weighted by atomic mass is 10.3. The minimum atomic E-state index is -0.639. The van der Waals surface area contributed by atoms with Gasteiger partial charge in [0.15, 0.2) is 0 Å². The molecule has 82 valence electrons. The van der Waals surface area contributed by atoms with E-state index in [4.69, 9.17) is 0 Å². The summed E-state index contributed by atoms with van der Waals surface area (Å²) in [6.07, 6.45) is 7.59. The molecule has 13 heavy (non-hydrogen) atoms. The normalized spacial score (nSPS) is 9.31. The van der Waals surface area contributed by atoms with Crippen LogP contribution in [0.1, 0.15) is 20.8 Å². The van der Waals surface area contributed by atoms with Crippen LogP contribution in [-0.4, -0.2) is 45.9 Å². The maximum atomic E-state index is 3.88. The molecule has 0 nitrogen and oxygen atoms in total. The van der Waals surface area contributed by atoms with Crippen LogP contribution < -0.4 is 0 Å². The molecule has 0 saturated heterocycles. The van der Waals surface area contributed by atoms with Gasteiger partial charge in [-0.2, -0.15) is 0 Å². The van der Waals surface area contributed by atoms with Crippen LogP contribution in [0.2, 0.25) is 0 Å². The van der Waals surface area contributed by atoms with E-state index >= 15 is 0 Å². The monoisotopic (exact) mass is 223 g/mol. The molecule has 0 N–H and O–H groups in total. The fraction of sp³-hybridized carbons (Fsp3) is 0.818. The standard InChI is InChI=1S/C4H11P.C4H10.C3H8P/c1-5(2,3)4;2*1-4(2)3/h1H2,2-4H3;4H,1-3H3;1H2,2-3H3/q;;+1. The van der Waals surface area contributed by atoms with Gasteiger partial charge in [0.2, 0.25) is 0 Å². The summed E-state index contributed by atoms with van der Waals surface area (Å²) in [7, 11) is 0.130. The second-order valence-electron chi connectivity index (χ2n) is 5.10. The Morgan fingerprint density at radius 1 is 1.00 bits per heavy atom. The molecule has 0 aromatic carbocycles. The van der Waals surface area contributed by atoms with Gasteiger partial charge < -0.3 is 0 Å². The Bertz CT molecular complexity index is 136. The molecule has 0 amide bonds. The molecule has 0 heterocycles. The van der Waals surface area contributed by atoms with Crippen molar-refractivity contribution in [1.29, 1.82) is 0 Å². The van der Waals surface area contributed by atoms with Crippen molar-refractivity contribution in [3.8, 4) is 0 Å². The summed E-state index contributed by atoms with van der Waals surface area (Å²) >= 11 is 0. The second-order valence-corrected chi connectivity index (χ2v) is 11.8. The molecular formula is C11H29P2+. The van der Waals surface area contributed by atoms with Crippen LogP contribution in [0, 0.1) is 5.92 Å². The van der Waals surface area contributed by atoms with Crippen molar-refractivity contribution in [2.24, 2.45) is 5.92 Å². The van der Waals surface area contributed by atoms with Crippen molar-refractivity contribution in [3.63, 3.8) is 0 Å². The summed E-state index contributed by atoms with van der Waals surface area (Å²) in [5.41, 5.74) is 0. The molecule has 0 aliphatic rings. The van der Waals surface area contributed by atoms with Gasteiger partial charge >= 0.3 is 0 Å². The Morgan fingerprint density at radius 2 is 1.00 bits per heavy atom. The minimum Gasteiger partial charge on any atom is -0.121 e. The lowest BCUT2D eigenvalue weighted by Crippen LogP contribution is -1.66. The molecule has 0 aromatic rings. The Kier molecular flexibility index (Phi) is 15.5. The highest BCUT2D eigenvalue weighted by atomic mass is 31.2. The van der Waals surface area contributed by atoms with Crippen molar-refractivity contribution < 1.29 is 0 Å². The third kappa shape index (κ3) is 6190. The molecule has 0 unspecified atom stereocenters. The summed E-state index contributed by atoms with van der Waals surface area (Å²) in [4.78, 5) is 0. The molecule has 0 aliphatic carbocycles. The number of hydrogen-bond acceptors (Lipinski definition) is 0. The summed E-state index contributed by atoms with van der Waals surface area (Å²) in [5, 5.41) is 0. The van der Waals surface area contributed by atoms with Gasteiger partial charge in [0, 0.05) is 0 Å². The first-order valence-electron chi connectivity index (χ1n) is 4.60. The summed E-state index contributed by atoms with van der Waals surface area (Å²) in [6.45, 7) is 16.7. The average molecular weight is 223 g/mol. The molecule has 0 aliphatic heterocycles. The molecule has 0 spiro atoms. The molecule has 0 rings (SSSR count).